The summed E-state index contributed by atoms with van der Waals surface area (Å²) < 4.78 is 5.40. The molecular formula is C19H22N2O3. The number of carbonyl (C=O) groups is 1. The van der Waals surface area contributed by atoms with Gasteiger partial charge in [-0.2, -0.15) is 0 Å². The lowest BCUT2D eigenvalue weighted by atomic mass is 10.2. The molecule has 0 saturated carbocycles. The second-order valence-electron chi connectivity index (χ2n) is 5.60. The quantitative estimate of drug-likeness (QED) is 0.411. The Morgan fingerprint density at radius 3 is 2.54 bits per heavy atom. The van der Waals surface area contributed by atoms with Gasteiger partial charge in [-0.1, -0.05) is 24.8 Å². The van der Waals surface area contributed by atoms with Crippen LogP contribution in [0.3, 0.4) is 0 Å². The Kier molecular flexibility index (Phi) is 5.98. The molecule has 1 atom stereocenters. The molecule has 0 fully saturated rings. The molecule has 0 spiro atoms. The lowest BCUT2D eigenvalue weighted by molar-refractivity contribution is -0.130. The Labute approximate surface area is 142 Å². The summed E-state index contributed by atoms with van der Waals surface area (Å²) in [4.78, 5) is 11.9. The van der Waals surface area contributed by atoms with E-state index >= 15 is 0 Å². The van der Waals surface area contributed by atoms with Gasteiger partial charge in [-0.05, 0) is 38.1 Å². The Hall–Kier alpha value is -2.79. The van der Waals surface area contributed by atoms with Crippen molar-refractivity contribution in [2.45, 2.75) is 20.0 Å². The average Bonchev–Trinajstić information content (AvgIpc) is 2.54. The van der Waals surface area contributed by atoms with Gasteiger partial charge in [0.05, 0.1) is 11.8 Å². The molecule has 0 heterocycles. The summed E-state index contributed by atoms with van der Waals surface area (Å²) in [5.41, 5.74) is 2.66. The lowest BCUT2D eigenvalue weighted by Gasteiger charge is -2.15. The number of hydrogen-bond acceptors (Lipinski definition) is 5. The SMILES string of the molecule is C=C(C)C(=O)Oc1cc(Nc2ccccc2)ccc1NCC(C)O. The normalized spacial score (nSPS) is 11.5. The molecule has 0 radical (unpaired) electrons. The van der Waals surface area contributed by atoms with Crippen molar-refractivity contribution in [3.05, 3.63) is 60.7 Å². The van der Waals surface area contributed by atoms with E-state index in [1.807, 2.05) is 36.4 Å². The van der Waals surface area contributed by atoms with Gasteiger partial charge < -0.3 is 20.5 Å². The minimum Gasteiger partial charge on any atom is -0.421 e. The molecule has 2 aromatic rings. The van der Waals surface area contributed by atoms with Crippen LogP contribution in [0.2, 0.25) is 0 Å². The molecule has 0 bridgehead atoms. The summed E-state index contributed by atoms with van der Waals surface area (Å²) in [5.74, 6) is -0.114. The van der Waals surface area contributed by atoms with Crippen molar-refractivity contribution >= 4 is 23.0 Å². The maximum atomic E-state index is 11.9. The van der Waals surface area contributed by atoms with E-state index in [9.17, 15) is 9.90 Å². The molecule has 0 saturated heterocycles. The molecule has 0 aliphatic carbocycles. The van der Waals surface area contributed by atoms with E-state index in [1.165, 1.54) is 0 Å². The van der Waals surface area contributed by atoms with Crippen LogP contribution in [-0.4, -0.2) is 23.7 Å². The summed E-state index contributed by atoms with van der Waals surface area (Å²) in [6, 6.07) is 15.1. The number of aliphatic hydroxyl groups is 1. The highest BCUT2D eigenvalue weighted by Crippen LogP contribution is 2.30. The fourth-order valence-electron chi connectivity index (χ4n) is 1.96. The predicted molar refractivity (Wildman–Crippen MR) is 96.8 cm³/mol. The van der Waals surface area contributed by atoms with E-state index < -0.39 is 12.1 Å². The summed E-state index contributed by atoms with van der Waals surface area (Å²) in [7, 11) is 0. The summed E-state index contributed by atoms with van der Waals surface area (Å²) in [5, 5.41) is 15.7. The second kappa shape index (κ2) is 8.17. The van der Waals surface area contributed by atoms with Gasteiger partial charge in [-0.25, -0.2) is 4.79 Å². The molecule has 1 unspecified atom stereocenters. The monoisotopic (exact) mass is 326 g/mol. The Morgan fingerprint density at radius 2 is 1.92 bits per heavy atom. The third-order valence-corrected chi connectivity index (χ3v) is 3.18. The van der Waals surface area contributed by atoms with Crippen molar-refractivity contribution in [3.63, 3.8) is 0 Å². The first-order chi connectivity index (χ1) is 11.5. The number of hydrogen-bond donors (Lipinski definition) is 3. The molecule has 24 heavy (non-hydrogen) atoms. The summed E-state index contributed by atoms with van der Waals surface area (Å²) in [6.45, 7) is 7.22. The fourth-order valence-corrected chi connectivity index (χ4v) is 1.96. The van der Waals surface area contributed by atoms with Crippen LogP contribution in [0.25, 0.3) is 0 Å². The molecule has 0 amide bonds. The zero-order valence-corrected chi connectivity index (χ0v) is 13.9. The second-order valence-corrected chi connectivity index (χ2v) is 5.60. The number of ether oxygens (including phenoxy) is 1. The predicted octanol–water partition coefficient (Wildman–Crippen LogP) is 3.70. The van der Waals surface area contributed by atoms with Crippen LogP contribution >= 0.6 is 0 Å². The molecule has 2 rings (SSSR count). The van der Waals surface area contributed by atoms with Crippen LogP contribution in [0.5, 0.6) is 5.75 Å². The van der Waals surface area contributed by atoms with Gasteiger partial charge in [0, 0.05) is 29.6 Å². The first-order valence-corrected chi connectivity index (χ1v) is 7.71. The highest BCUT2D eigenvalue weighted by atomic mass is 16.5. The molecule has 5 heteroatoms. The number of carbonyl (C=O) groups excluding carboxylic acids is 1. The number of rotatable bonds is 7. The smallest absolute Gasteiger partial charge is 0.338 e. The van der Waals surface area contributed by atoms with Crippen molar-refractivity contribution in [1.29, 1.82) is 0 Å². The van der Waals surface area contributed by atoms with Gasteiger partial charge in [-0.3, -0.25) is 0 Å². The van der Waals surface area contributed by atoms with E-state index in [0.717, 1.165) is 11.4 Å². The van der Waals surface area contributed by atoms with Crippen molar-refractivity contribution < 1.29 is 14.6 Å². The standard InChI is InChI=1S/C19H22N2O3/c1-13(2)19(23)24-18-11-16(21-15-7-5-4-6-8-15)9-10-17(18)20-12-14(3)22/h4-11,14,20-22H,1,12H2,2-3H3. The maximum Gasteiger partial charge on any atom is 0.338 e. The minimum atomic E-state index is -0.517. The number of para-hydroxylation sites is 1. The van der Waals surface area contributed by atoms with Crippen LogP contribution in [0, 0.1) is 0 Å². The Balaban J connectivity index is 2.24. The van der Waals surface area contributed by atoms with Crippen molar-refractivity contribution in [2.75, 3.05) is 17.2 Å². The molecule has 0 aliphatic heterocycles. The van der Waals surface area contributed by atoms with Crippen molar-refractivity contribution in [2.24, 2.45) is 0 Å². The van der Waals surface area contributed by atoms with Crippen LogP contribution in [0.4, 0.5) is 17.1 Å². The number of benzene rings is 2. The first-order valence-electron chi connectivity index (χ1n) is 7.71. The summed E-state index contributed by atoms with van der Waals surface area (Å²) in [6.07, 6.45) is -0.517. The maximum absolute atomic E-state index is 11.9. The molecule has 3 N–H and O–H groups in total. The van der Waals surface area contributed by atoms with E-state index in [0.29, 0.717) is 23.6 Å². The first kappa shape index (κ1) is 17.6. The third-order valence-electron chi connectivity index (χ3n) is 3.18. The third kappa shape index (κ3) is 5.14. The van der Waals surface area contributed by atoms with Gasteiger partial charge in [0.2, 0.25) is 0 Å². The molecule has 5 nitrogen and oxygen atoms in total. The average molecular weight is 326 g/mol. The topological polar surface area (TPSA) is 70.6 Å². The number of esters is 1. The molecule has 0 aliphatic rings. The van der Waals surface area contributed by atoms with E-state index in [-0.39, 0.29) is 0 Å². The number of anilines is 3. The van der Waals surface area contributed by atoms with E-state index in [1.54, 1.807) is 26.0 Å². The largest absolute Gasteiger partial charge is 0.421 e. The van der Waals surface area contributed by atoms with E-state index in [4.69, 9.17) is 4.74 Å². The fraction of sp³-hybridized carbons (Fsp3) is 0.211. The number of nitrogens with one attached hydrogen (secondary N) is 2. The van der Waals surface area contributed by atoms with Crippen LogP contribution < -0.4 is 15.4 Å². The van der Waals surface area contributed by atoms with Crippen molar-refractivity contribution in [1.82, 2.24) is 0 Å². The Bertz CT molecular complexity index is 712. The Morgan fingerprint density at radius 1 is 1.21 bits per heavy atom. The zero-order chi connectivity index (χ0) is 17.5. The van der Waals surface area contributed by atoms with Crippen LogP contribution in [0.15, 0.2) is 60.7 Å². The van der Waals surface area contributed by atoms with Gasteiger partial charge in [0.15, 0.2) is 5.75 Å². The lowest BCUT2D eigenvalue weighted by Crippen LogP contribution is -2.17. The minimum absolute atomic E-state index is 0.317. The highest BCUT2D eigenvalue weighted by molar-refractivity contribution is 5.90. The van der Waals surface area contributed by atoms with E-state index in [2.05, 4.69) is 17.2 Å². The molecule has 2 aromatic carbocycles. The van der Waals surface area contributed by atoms with Crippen LogP contribution in [0.1, 0.15) is 13.8 Å². The molecule has 126 valence electrons. The molecular weight excluding hydrogens is 304 g/mol. The van der Waals surface area contributed by atoms with Gasteiger partial charge in [-0.15, -0.1) is 0 Å². The van der Waals surface area contributed by atoms with Gasteiger partial charge >= 0.3 is 5.97 Å². The van der Waals surface area contributed by atoms with Gasteiger partial charge in [0.1, 0.15) is 0 Å². The van der Waals surface area contributed by atoms with Crippen LogP contribution in [-0.2, 0) is 4.79 Å². The van der Waals surface area contributed by atoms with Crippen molar-refractivity contribution in [3.8, 4) is 5.75 Å². The zero-order valence-electron chi connectivity index (χ0n) is 13.9. The summed E-state index contributed by atoms with van der Waals surface area (Å²) >= 11 is 0. The highest BCUT2D eigenvalue weighted by Gasteiger charge is 2.12. The van der Waals surface area contributed by atoms with Gasteiger partial charge in [0.25, 0.3) is 0 Å². The number of aliphatic hydroxyl groups excluding tert-OH is 1. The molecule has 0 aromatic heterocycles.